The van der Waals surface area contributed by atoms with Gasteiger partial charge in [-0.25, -0.2) is 0 Å². The molecule has 0 spiro atoms. The van der Waals surface area contributed by atoms with Gasteiger partial charge in [-0.2, -0.15) is 5.10 Å². The molecule has 2 N–H and O–H groups in total. The fourth-order valence-electron chi connectivity index (χ4n) is 2.60. The summed E-state index contributed by atoms with van der Waals surface area (Å²) in [7, 11) is 1.95. The maximum absolute atomic E-state index is 5.93. The van der Waals surface area contributed by atoms with Crippen LogP contribution in [0.5, 0.6) is 0 Å². The quantitative estimate of drug-likeness (QED) is 0.843. The smallest absolute Gasteiger partial charge is 0.0831 e. The van der Waals surface area contributed by atoms with Gasteiger partial charge in [0.25, 0.3) is 0 Å². The van der Waals surface area contributed by atoms with Crippen molar-refractivity contribution in [2.45, 2.75) is 32.0 Å². The van der Waals surface area contributed by atoms with E-state index in [4.69, 9.17) is 10.5 Å². The van der Waals surface area contributed by atoms with Crippen LogP contribution in [0.4, 0.5) is 0 Å². The molecular weight excluding hydrogens is 228 g/mol. The van der Waals surface area contributed by atoms with Gasteiger partial charge in [-0.3, -0.25) is 9.58 Å². The first-order chi connectivity index (χ1) is 8.48. The highest BCUT2D eigenvalue weighted by molar-refractivity contribution is 5.04. The molecule has 0 aromatic carbocycles. The fourth-order valence-corrected chi connectivity index (χ4v) is 2.60. The molecule has 2 rings (SSSR count). The van der Waals surface area contributed by atoms with Gasteiger partial charge in [0.1, 0.15) is 0 Å². The normalized spacial score (nSPS) is 24.3. The van der Waals surface area contributed by atoms with Gasteiger partial charge in [-0.15, -0.1) is 0 Å². The average molecular weight is 252 g/mol. The van der Waals surface area contributed by atoms with Crippen molar-refractivity contribution in [1.82, 2.24) is 14.7 Å². The molecule has 1 saturated heterocycles. The summed E-state index contributed by atoms with van der Waals surface area (Å²) in [4.78, 5) is 2.44. The van der Waals surface area contributed by atoms with Crippen LogP contribution in [0.1, 0.15) is 19.4 Å². The summed E-state index contributed by atoms with van der Waals surface area (Å²) in [6, 6.07) is 0. The molecule has 0 bridgehead atoms. The Hall–Kier alpha value is -0.910. The van der Waals surface area contributed by atoms with Crippen molar-refractivity contribution in [3.63, 3.8) is 0 Å². The molecule has 1 unspecified atom stereocenters. The number of hydrogen-bond donors (Lipinski definition) is 1. The third kappa shape index (κ3) is 3.54. The molecule has 1 aromatic rings. The standard InChI is InChI=1S/C13H24N4O/c1-13(2)10-17(9-12(6-14)18-13)5-4-11-7-15-16(3)8-11/h7-8,12H,4-6,9-10,14H2,1-3H3. The Morgan fingerprint density at radius 2 is 2.33 bits per heavy atom. The van der Waals surface area contributed by atoms with E-state index in [0.29, 0.717) is 6.54 Å². The minimum absolute atomic E-state index is 0.1000. The first kappa shape index (κ1) is 13.5. The molecule has 5 heteroatoms. The van der Waals surface area contributed by atoms with Crippen LogP contribution in [-0.4, -0.2) is 52.6 Å². The van der Waals surface area contributed by atoms with E-state index in [2.05, 4.69) is 30.0 Å². The van der Waals surface area contributed by atoms with Gasteiger partial charge in [0.15, 0.2) is 0 Å². The molecule has 5 nitrogen and oxygen atoms in total. The van der Waals surface area contributed by atoms with Gasteiger partial charge < -0.3 is 10.5 Å². The molecule has 0 saturated carbocycles. The van der Waals surface area contributed by atoms with Crippen LogP contribution in [0, 0.1) is 0 Å². The zero-order chi connectivity index (χ0) is 13.2. The van der Waals surface area contributed by atoms with Gasteiger partial charge >= 0.3 is 0 Å². The molecule has 1 aromatic heterocycles. The number of morpholine rings is 1. The maximum atomic E-state index is 5.93. The van der Waals surface area contributed by atoms with E-state index in [-0.39, 0.29) is 11.7 Å². The molecule has 1 aliphatic heterocycles. The summed E-state index contributed by atoms with van der Waals surface area (Å²) in [5.41, 5.74) is 6.92. The van der Waals surface area contributed by atoms with E-state index in [0.717, 1.165) is 26.1 Å². The Kier molecular flexibility index (Phi) is 4.04. The van der Waals surface area contributed by atoms with Gasteiger partial charge in [0.05, 0.1) is 17.9 Å². The highest BCUT2D eigenvalue weighted by Crippen LogP contribution is 2.20. The molecule has 102 valence electrons. The molecule has 2 heterocycles. The summed E-state index contributed by atoms with van der Waals surface area (Å²) >= 11 is 0. The molecule has 1 aliphatic rings. The molecule has 0 radical (unpaired) electrons. The maximum Gasteiger partial charge on any atom is 0.0831 e. The Morgan fingerprint density at radius 3 is 2.94 bits per heavy atom. The fraction of sp³-hybridized carbons (Fsp3) is 0.769. The van der Waals surface area contributed by atoms with E-state index in [9.17, 15) is 0 Å². The average Bonchev–Trinajstić information content (AvgIpc) is 2.70. The number of hydrogen-bond acceptors (Lipinski definition) is 4. The van der Waals surface area contributed by atoms with Crippen molar-refractivity contribution < 1.29 is 4.74 Å². The summed E-state index contributed by atoms with van der Waals surface area (Å²) in [5.74, 6) is 0. The number of aromatic nitrogens is 2. The van der Waals surface area contributed by atoms with Crippen LogP contribution in [0.15, 0.2) is 12.4 Å². The van der Waals surface area contributed by atoms with Crippen molar-refractivity contribution in [2.75, 3.05) is 26.2 Å². The van der Waals surface area contributed by atoms with E-state index < -0.39 is 0 Å². The van der Waals surface area contributed by atoms with E-state index in [1.165, 1.54) is 5.56 Å². The Morgan fingerprint density at radius 1 is 1.56 bits per heavy atom. The lowest BCUT2D eigenvalue weighted by Gasteiger charge is -2.42. The predicted octanol–water partition coefficient (Wildman–Crippen LogP) is 0.401. The number of ether oxygens (including phenoxy) is 1. The number of aryl methyl sites for hydroxylation is 1. The zero-order valence-electron chi connectivity index (χ0n) is 11.6. The monoisotopic (exact) mass is 252 g/mol. The van der Waals surface area contributed by atoms with Crippen LogP contribution in [0.25, 0.3) is 0 Å². The third-order valence-electron chi connectivity index (χ3n) is 3.29. The number of rotatable bonds is 4. The van der Waals surface area contributed by atoms with E-state index >= 15 is 0 Å². The van der Waals surface area contributed by atoms with Crippen LogP contribution >= 0.6 is 0 Å². The second-order valence-electron chi connectivity index (χ2n) is 5.74. The molecule has 1 atom stereocenters. The van der Waals surface area contributed by atoms with Gasteiger partial charge in [-0.05, 0) is 25.8 Å². The molecule has 0 amide bonds. The lowest BCUT2D eigenvalue weighted by Crippen LogP contribution is -2.55. The predicted molar refractivity (Wildman–Crippen MR) is 71.4 cm³/mol. The Bertz CT molecular complexity index is 388. The second kappa shape index (κ2) is 5.38. The Labute approximate surface area is 109 Å². The van der Waals surface area contributed by atoms with Crippen molar-refractivity contribution in [2.24, 2.45) is 12.8 Å². The van der Waals surface area contributed by atoms with Crippen LogP contribution in [0.3, 0.4) is 0 Å². The van der Waals surface area contributed by atoms with Crippen molar-refractivity contribution in [3.8, 4) is 0 Å². The lowest BCUT2D eigenvalue weighted by molar-refractivity contribution is -0.131. The van der Waals surface area contributed by atoms with Gasteiger partial charge in [0, 0.05) is 39.4 Å². The van der Waals surface area contributed by atoms with Gasteiger partial charge in [0.2, 0.25) is 0 Å². The van der Waals surface area contributed by atoms with Crippen LogP contribution in [-0.2, 0) is 18.2 Å². The first-order valence-electron chi connectivity index (χ1n) is 6.56. The topological polar surface area (TPSA) is 56.3 Å². The first-order valence-corrected chi connectivity index (χ1v) is 6.56. The molecular formula is C13H24N4O. The van der Waals surface area contributed by atoms with E-state index in [1.54, 1.807) is 0 Å². The number of nitrogens with two attached hydrogens (primary N) is 1. The SMILES string of the molecule is Cn1cc(CCN2CC(CN)OC(C)(C)C2)cn1. The van der Waals surface area contributed by atoms with Crippen LogP contribution < -0.4 is 5.73 Å². The highest BCUT2D eigenvalue weighted by Gasteiger charge is 2.32. The number of nitrogens with zero attached hydrogens (tertiary/aromatic N) is 3. The lowest BCUT2D eigenvalue weighted by atomic mass is 10.0. The summed E-state index contributed by atoms with van der Waals surface area (Å²) in [6.07, 6.45) is 5.20. The second-order valence-corrected chi connectivity index (χ2v) is 5.74. The van der Waals surface area contributed by atoms with Crippen molar-refractivity contribution in [3.05, 3.63) is 18.0 Å². The minimum Gasteiger partial charge on any atom is -0.368 e. The van der Waals surface area contributed by atoms with Gasteiger partial charge in [-0.1, -0.05) is 0 Å². The Balaban J connectivity index is 1.88. The summed E-state index contributed by atoms with van der Waals surface area (Å²) in [6.45, 7) is 7.78. The van der Waals surface area contributed by atoms with Crippen molar-refractivity contribution >= 4 is 0 Å². The highest BCUT2D eigenvalue weighted by atomic mass is 16.5. The van der Waals surface area contributed by atoms with E-state index in [1.807, 2.05) is 17.9 Å². The van der Waals surface area contributed by atoms with Crippen LogP contribution in [0.2, 0.25) is 0 Å². The largest absolute Gasteiger partial charge is 0.368 e. The third-order valence-corrected chi connectivity index (χ3v) is 3.29. The van der Waals surface area contributed by atoms with Crippen molar-refractivity contribution in [1.29, 1.82) is 0 Å². The minimum atomic E-state index is -0.1000. The molecule has 18 heavy (non-hydrogen) atoms. The zero-order valence-corrected chi connectivity index (χ0v) is 11.6. The molecule has 0 aliphatic carbocycles. The molecule has 1 fully saturated rings. The summed E-state index contributed by atoms with van der Waals surface area (Å²) < 4.78 is 7.77. The summed E-state index contributed by atoms with van der Waals surface area (Å²) in [5, 5.41) is 4.19.